The lowest BCUT2D eigenvalue weighted by atomic mass is 12.0. The van der Waals surface area contributed by atoms with Gasteiger partial charge in [-0.15, -0.1) is 0 Å². The van der Waals surface area contributed by atoms with Crippen molar-refractivity contribution in [2.24, 2.45) is 0 Å². The zero-order valence-electron chi connectivity index (χ0n) is 3.32. The van der Waals surface area contributed by atoms with Crippen molar-refractivity contribution in [3.05, 3.63) is 0 Å². The fraction of sp³-hybridized carbons (Fsp3) is 1.00. The Kier molecular flexibility index (Phi) is 0.913. The lowest BCUT2D eigenvalue weighted by Crippen LogP contribution is -1.35. The second kappa shape index (κ2) is 1.50. The average molecular weight is 81.0 g/mol. The first-order valence-corrected chi connectivity index (χ1v) is 2.72. The monoisotopic (exact) mass is 81.0 g/mol. The second-order valence-corrected chi connectivity index (χ2v) is 1.47. The molecule has 2 nitrogen and oxygen atoms in total. The molecule has 0 spiro atoms. The van der Waals surface area contributed by atoms with E-state index in [-0.39, 0.29) is 0 Å². The fourth-order valence-electron chi connectivity index (χ4n) is 0. The Labute approximate surface area is 26.8 Å². The molecule has 3 heteroatoms. The summed E-state index contributed by atoms with van der Waals surface area (Å²) in [5, 5.41) is 0. The zero-order valence-corrected chi connectivity index (χ0v) is 3.32. The van der Waals surface area contributed by atoms with Gasteiger partial charge in [0.05, 0.1) is 0 Å². The van der Waals surface area contributed by atoms with E-state index in [0.717, 1.165) is 0 Å². The summed E-state index contributed by atoms with van der Waals surface area (Å²) < 4.78 is 15.5. The Morgan fingerprint density at radius 1 is 2.50 bits per heavy atom. The van der Waals surface area contributed by atoms with Crippen LogP contribution in [0.2, 0.25) is 0 Å². The molecule has 0 heterocycles. The maximum atomic E-state index is 9.59. The predicted molar refractivity (Wildman–Crippen MR) is 17.1 cm³/mol. The number of hydrogen-bond donors (Lipinski definition) is 1. The maximum Gasteiger partial charge on any atom is 0.218 e. The van der Waals surface area contributed by atoms with Crippen molar-refractivity contribution in [1.29, 1.82) is 1.43 Å². The molecule has 0 saturated carbocycles. The molecule has 0 aromatic rings. The van der Waals surface area contributed by atoms with Crippen molar-refractivity contribution in [1.82, 2.24) is 0 Å². The van der Waals surface area contributed by atoms with Crippen LogP contribution in [0.5, 0.6) is 0 Å². The predicted octanol–water partition coefficient (Wildman–Crippen LogP) is 0.0832. The van der Waals surface area contributed by atoms with Crippen LogP contribution in [0.3, 0.4) is 0 Å². The van der Waals surface area contributed by atoms with Gasteiger partial charge in [-0.05, 0) is 0 Å². The van der Waals surface area contributed by atoms with Crippen LogP contribution >= 0.6 is 8.03 Å². The number of rotatable bonds is 1. The van der Waals surface area contributed by atoms with Crippen LogP contribution < -0.4 is 0 Å². The van der Waals surface area contributed by atoms with Crippen LogP contribution in [-0.4, -0.2) is 13.0 Å². The summed E-state index contributed by atoms with van der Waals surface area (Å²) >= 11 is 0. The Morgan fingerprint density at radius 3 is 2.75 bits per heavy atom. The summed E-state index contributed by atoms with van der Waals surface area (Å²) in [4.78, 5) is 3.55. The minimum Gasteiger partial charge on any atom is -0.346 e. The van der Waals surface area contributed by atoms with Gasteiger partial charge in [0.1, 0.15) is 0 Å². The van der Waals surface area contributed by atoms with Gasteiger partial charge in [-0.2, -0.15) is 0 Å². The zero-order chi connectivity index (χ0) is 4.28. The third-order valence-electron chi connectivity index (χ3n) is 0. The van der Waals surface area contributed by atoms with Gasteiger partial charge in [-0.25, -0.2) is 0 Å². The molecule has 0 aliphatic rings. The van der Waals surface area contributed by atoms with E-state index < -0.39 is 8.03 Å². The smallest absolute Gasteiger partial charge is 0.218 e. The molecular weight excluding hydrogens is 75.0 g/mol. The molecule has 0 aromatic heterocycles. The van der Waals surface area contributed by atoms with Crippen LogP contribution in [0.15, 0.2) is 0 Å². The summed E-state index contributed by atoms with van der Waals surface area (Å²) in [5.74, 6) is 0. The minimum atomic E-state index is -1.96. The van der Waals surface area contributed by atoms with E-state index in [1.165, 1.54) is 6.66 Å². The van der Waals surface area contributed by atoms with E-state index in [1.54, 1.807) is 0 Å². The highest BCUT2D eigenvalue weighted by molar-refractivity contribution is 7.36. The quantitative estimate of drug-likeness (QED) is 0.454. The lowest BCUT2D eigenvalue weighted by Gasteiger charge is -1.61. The Morgan fingerprint density at radius 2 is 2.75 bits per heavy atom. The van der Waals surface area contributed by atoms with Crippen LogP contribution in [0.25, 0.3) is 0 Å². The molecule has 0 fully saturated rings. The number of hydrogen-bond acceptors (Lipinski definition) is 2. The van der Waals surface area contributed by atoms with Crippen molar-refractivity contribution in [2.45, 2.75) is 0 Å². The molecule has 0 rings (SSSR count). The molecule has 0 saturated heterocycles. The van der Waals surface area contributed by atoms with Crippen LogP contribution in [0.4, 0.5) is 0 Å². The van der Waals surface area contributed by atoms with E-state index in [2.05, 4.69) is 4.90 Å². The van der Waals surface area contributed by atoms with E-state index in [9.17, 15) is 4.57 Å². The van der Waals surface area contributed by atoms with Crippen LogP contribution in [-0.2, 0) is 4.57 Å². The maximum absolute atomic E-state index is 9.59. The van der Waals surface area contributed by atoms with Gasteiger partial charge in [0.2, 0.25) is 1.43 Å². The van der Waals surface area contributed by atoms with Crippen LogP contribution in [0.1, 0.15) is 0 Å². The summed E-state index contributed by atoms with van der Waals surface area (Å²) in [5.41, 5.74) is 0. The fourth-order valence-corrected chi connectivity index (χ4v) is 0. The molecule has 26 valence electrons. The van der Waals surface area contributed by atoms with Crippen LogP contribution in [0, 0.1) is 0 Å². The van der Waals surface area contributed by atoms with E-state index in [0.29, 0.717) is 0 Å². The molecule has 0 bridgehead atoms. The Bertz CT molecular complexity index is 44.9. The lowest BCUT2D eigenvalue weighted by molar-refractivity contribution is 0.509. The van der Waals surface area contributed by atoms with E-state index >= 15 is 0 Å². The van der Waals surface area contributed by atoms with Crippen molar-refractivity contribution >= 4 is 8.03 Å². The minimum absolute atomic E-state index is 1.36. The normalized spacial score (nSPS) is 18.8. The van der Waals surface area contributed by atoms with Gasteiger partial charge in [0, 0.05) is 6.66 Å². The highest BCUT2D eigenvalue weighted by Gasteiger charge is 1.60. The molecule has 1 unspecified atom stereocenters. The van der Waals surface area contributed by atoms with Crippen molar-refractivity contribution < 1.29 is 9.46 Å². The Hall–Kier alpha value is 0.190. The van der Waals surface area contributed by atoms with E-state index in [4.69, 9.17) is 1.43 Å². The molecule has 0 aliphatic carbocycles. The first-order chi connectivity index (χ1) is 2.27. The molecule has 4 heavy (non-hydrogen) atoms. The molecule has 1 atom stereocenters. The van der Waals surface area contributed by atoms with Crippen molar-refractivity contribution in [2.75, 3.05) is 6.66 Å². The third kappa shape index (κ3) is 85.9. The SMILES string of the molecule is [2H]O[PH](C)=O. The summed E-state index contributed by atoms with van der Waals surface area (Å²) in [6, 6.07) is 0. The summed E-state index contributed by atoms with van der Waals surface area (Å²) in [6.07, 6.45) is 0. The van der Waals surface area contributed by atoms with Gasteiger partial charge >= 0.3 is 0 Å². The van der Waals surface area contributed by atoms with Crippen molar-refractivity contribution in [3.8, 4) is 0 Å². The van der Waals surface area contributed by atoms with Crippen molar-refractivity contribution in [3.63, 3.8) is 0 Å². The van der Waals surface area contributed by atoms with Gasteiger partial charge in [0.15, 0.2) is 8.03 Å². The summed E-state index contributed by atoms with van der Waals surface area (Å²) in [6.45, 7) is 1.36. The van der Waals surface area contributed by atoms with Gasteiger partial charge in [0.25, 0.3) is 0 Å². The average Bonchev–Trinajstić information content (AvgIpc) is 1.38. The molecule has 0 amide bonds. The van der Waals surface area contributed by atoms with E-state index in [1.807, 2.05) is 0 Å². The second-order valence-electron chi connectivity index (χ2n) is 0.492. The van der Waals surface area contributed by atoms with Gasteiger partial charge in [-0.3, -0.25) is 4.57 Å². The molecule has 1 N–H and O–H groups in total. The molecule has 0 aliphatic heterocycles. The third-order valence-corrected chi connectivity index (χ3v) is 0. The highest BCUT2D eigenvalue weighted by atomic mass is 31.1. The Balaban J connectivity index is 2.85. The molecule has 0 radical (unpaired) electrons. The van der Waals surface area contributed by atoms with Gasteiger partial charge in [-0.1, -0.05) is 0 Å². The first-order valence-electron chi connectivity index (χ1n) is 1.32. The standard InChI is InChI=1S/CH5O2P/c1-4(2)3/h4H,1H3,(H,2,3)/i/hD. The van der Waals surface area contributed by atoms with Gasteiger partial charge < -0.3 is 4.90 Å². The first kappa shape index (κ1) is 2.43. The molecular formula is CH5O2P. The molecule has 0 aromatic carbocycles. The topological polar surface area (TPSA) is 37.3 Å². The largest absolute Gasteiger partial charge is 0.346 e. The summed E-state index contributed by atoms with van der Waals surface area (Å²) in [7, 11) is -1.96. The highest BCUT2D eigenvalue weighted by Crippen LogP contribution is 1.99.